The van der Waals surface area contributed by atoms with Crippen LogP contribution in [0.15, 0.2) is 53.7 Å². The molecule has 1 aliphatic heterocycles. The Bertz CT molecular complexity index is 853. The van der Waals surface area contributed by atoms with E-state index >= 15 is 0 Å². The van der Waals surface area contributed by atoms with Gasteiger partial charge in [-0.05, 0) is 49.6 Å². The SMILES string of the molecule is CCNC(=NCc1ccnc(N2CCN(CC)CC2)c1)NCC1(c2ccccc2)CC1. The number of hydrogen-bond acceptors (Lipinski definition) is 4. The Hall–Kier alpha value is -2.60. The van der Waals surface area contributed by atoms with Gasteiger partial charge >= 0.3 is 0 Å². The molecule has 0 bridgehead atoms. The molecule has 6 nitrogen and oxygen atoms in total. The average Bonchev–Trinajstić information content (AvgIpc) is 3.63. The first-order valence-electron chi connectivity index (χ1n) is 11.7. The zero-order chi connectivity index (χ0) is 21.5. The van der Waals surface area contributed by atoms with Crippen molar-refractivity contribution in [1.82, 2.24) is 20.5 Å². The summed E-state index contributed by atoms with van der Waals surface area (Å²) in [4.78, 5) is 14.4. The Labute approximate surface area is 186 Å². The van der Waals surface area contributed by atoms with Crippen molar-refractivity contribution in [2.75, 3.05) is 50.7 Å². The molecule has 0 radical (unpaired) electrons. The molecule has 31 heavy (non-hydrogen) atoms. The smallest absolute Gasteiger partial charge is 0.191 e. The predicted octanol–water partition coefficient (Wildman–Crippen LogP) is 3.01. The highest BCUT2D eigenvalue weighted by Crippen LogP contribution is 2.47. The highest BCUT2D eigenvalue weighted by Gasteiger charge is 2.44. The summed E-state index contributed by atoms with van der Waals surface area (Å²) < 4.78 is 0. The first-order chi connectivity index (χ1) is 15.2. The van der Waals surface area contributed by atoms with Crippen LogP contribution < -0.4 is 15.5 Å². The fraction of sp³-hybridized carbons (Fsp3) is 0.520. The van der Waals surface area contributed by atoms with Crippen molar-refractivity contribution < 1.29 is 0 Å². The number of piperazine rings is 1. The van der Waals surface area contributed by atoms with E-state index in [2.05, 4.69) is 81.7 Å². The minimum atomic E-state index is 0.266. The second-order valence-electron chi connectivity index (χ2n) is 8.64. The van der Waals surface area contributed by atoms with E-state index in [-0.39, 0.29) is 5.41 Å². The van der Waals surface area contributed by atoms with Crippen molar-refractivity contribution >= 4 is 11.8 Å². The second-order valence-corrected chi connectivity index (χ2v) is 8.64. The molecule has 2 aromatic rings. The summed E-state index contributed by atoms with van der Waals surface area (Å²) in [5.74, 6) is 1.96. The fourth-order valence-corrected chi connectivity index (χ4v) is 4.30. The highest BCUT2D eigenvalue weighted by atomic mass is 15.3. The first kappa shape index (κ1) is 21.6. The molecule has 1 aromatic heterocycles. The number of benzene rings is 1. The van der Waals surface area contributed by atoms with Gasteiger partial charge in [0.15, 0.2) is 5.96 Å². The third kappa shape index (κ3) is 5.56. The molecule has 1 saturated carbocycles. The third-order valence-electron chi connectivity index (χ3n) is 6.55. The summed E-state index contributed by atoms with van der Waals surface area (Å²) in [5.41, 5.74) is 2.90. The van der Waals surface area contributed by atoms with E-state index in [1.54, 1.807) is 0 Å². The number of pyridine rings is 1. The number of rotatable bonds is 8. The lowest BCUT2D eigenvalue weighted by Gasteiger charge is -2.34. The van der Waals surface area contributed by atoms with Crippen LogP contribution in [-0.4, -0.2) is 61.7 Å². The van der Waals surface area contributed by atoms with Gasteiger partial charge in [-0.3, -0.25) is 0 Å². The molecule has 1 saturated heterocycles. The number of nitrogens with one attached hydrogen (secondary N) is 2. The van der Waals surface area contributed by atoms with Gasteiger partial charge in [0.25, 0.3) is 0 Å². The topological polar surface area (TPSA) is 55.8 Å². The molecular weight excluding hydrogens is 384 g/mol. The Morgan fingerprint density at radius 1 is 1.03 bits per heavy atom. The molecule has 166 valence electrons. The van der Waals surface area contributed by atoms with Crippen LogP contribution in [0.4, 0.5) is 5.82 Å². The van der Waals surface area contributed by atoms with Crippen molar-refractivity contribution in [3.05, 3.63) is 59.8 Å². The quantitative estimate of drug-likeness (QED) is 0.508. The maximum Gasteiger partial charge on any atom is 0.191 e. The minimum Gasteiger partial charge on any atom is -0.357 e. The van der Waals surface area contributed by atoms with Gasteiger partial charge in [-0.15, -0.1) is 0 Å². The molecule has 2 N–H and O–H groups in total. The molecule has 1 aromatic carbocycles. The number of nitrogens with zero attached hydrogens (tertiary/aromatic N) is 4. The molecule has 0 unspecified atom stereocenters. The predicted molar refractivity (Wildman–Crippen MR) is 129 cm³/mol. The molecule has 2 fully saturated rings. The Kier molecular flexibility index (Phi) is 7.07. The van der Waals surface area contributed by atoms with Crippen molar-refractivity contribution in [3.8, 4) is 0 Å². The van der Waals surface area contributed by atoms with E-state index in [0.717, 1.165) is 57.6 Å². The van der Waals surface area contributed by atoms with E-state index in [1.165, 1.54) is 24.0 Å². The molecule has 2 heterocycles. The van der Waals surface area contributed by atoms with Crippen LogP contribution in [0, 0.1) is 0 Å². The molecule has 0 amide bonds. The van der Waals surface area contributed by atoms with Gasteiger partial charge in [0.2, 0.25) is 0 Å². The van der Waals surface area contributed by atoms with Gasteiger partial charge in [0.05, 0.1) is 6.54 Å². The van der Waals surface area contributed by atoms with Gasteiger partial charge in [0.1, 0.15) is 5.82 Å². The van der Waals surface area contributed by atoms with E-state index < -0.39 is 0 Å². The molecule has 0 spiro atoms. The summed E-state index contributed by atoms with van der Waals surface area (Å²) in [5, 5.41) is 6.99. The van der Waals surface area contributed by atoms with Crippen LogP contribution in [0.5, 0.6) is 0 Å². The minimum absolute atomic E-state index is 0.266. The van der Waals surface area contributed by atoms with Crippen LogP contribution >= 0.6 is 0 Å². The zero-order valence-electron chi connectivity index (χ0n) is 19.0. The first-order valence-corrected chi connectivity index (χ1v) is 11.7. The monoisotopic (exact) mass is 420 g/mol. The number of aliphatic imine (C=N–C) groups is 1. The average molecular weight is 421 g/mol. The summed E-state index contributed by atoms with van der Waals surface area (Å²) in [6.45, 7) is 12.2. The number of anilines is 1. The number of hydrogen-bond donors (Lipinski definition) is 2. The maximum atomic E-state index is 4.86. The van der Waals surface area contributed by atoms with E-state index in [9.17, 15) is 0 Å². The van der Waals surface area contributed by atoms with Crippen molar-refractivity contribution in [1.29, 1.82) is 0 Å². The van der Waals surface area contributed by atoms with Gasteiger partial charge in [-0.25, -0.2) is 9.98 Å². The molecular formula is C25H36N6. The van der Waals surface area contributed by atoms with Crippen LogP contribution in [0.1, 0.15) is 37.8 Å². The molecule has 1 aliphatic carbocycles. The number of guanidine groups is 1. The lowest BCUT2D eigenvalue weighted by Crippen LogP contribution is -2.46. The fourth-order valence-electron chi connectivity index (χ4n) is 4.30. The molecule has 0 atom stereocenters. The summed E-state index contributed by atoms with van der Waals surface area (Å²) >= 11 is 0. The highest BCUT2D eigenvalue weighted by molar-refractivity contribution is 5.80. The van der Waals surface area contributed by atoms with Crippen LogP contribution in [0.25, 0.3) is 0 Å². The van der Waals surface area contributed by atoms with Gasteiger partial charge < -0.3 is 20.4 Å². The number of likely N-dealkylation sites (N-methyl/N-ethyl adjacent to an activating group) is 1. The van der Waals surface area contributed by atoms with E-state index in [1.807, 2.05) is 6.20 Å². The lowest BCUT2D eigenvalue weighted by molar-refractivity contribution is 0.270. The third-order valence-corrected chi connectivity index (χ3v) is 6.55. The molecule has 2 aliphatic rings. The normalized spacial score (nSPS) is 18.6. The van der Waals surface area contributed by atoms with Crippen LogP contribution in [0.2, 0.25) is 0 Å². The largest absolute Gasteiger partial charge is 0.357 e. The van der Waals surface area contributed by atoms with Crippen LogP contribution in [0.3, 0.4) is 0 Å². The Balaban J connectivity index is 1.36. The van der Waals surface area contributed by atoms with Gasteiger partial charge in [-0.1, -0.05) is 37.3 Å². The Morgan fingerprint density at radius 2 is 1.81 bits per heavy atom. The Morgan fingerprint density at radius 3 is 2.48 bits per heavy atom. The van der Waals surface area contributed by atoms with Crippen molar-refractivity contribution in [2.24, 2.45) is 4.99 Å². The maximum absolute atomic E-state index is 4.86. The summed E-state index contributed by atoms with van der Waals surface area (Å²) in [6, 6.07) is 15.1. The second kappa shape index (κ2) is 10.1. The zero-order valence-corrected chi connectivity index (χ0v) is 19.0. The van der Waals surface area contributed by atoms with Crippen LogP contribution in [-0.2, 0) is 12.0 Å². The van der Waals surface area contributed by atoms with Crippen molar-refractivity contribution in [2.45, 2.75) is 38.6 Å². The summed E-state index contributed by atoms with van der Waals surface area (Å²) in [6.07, 6.45) is 4.40. The lowest BCUT2D eigenvalue weighted by atomic mass is 9.96. The van der Waals surface area contributed by atoms with Gasteiger partial charge in [0, 0.05) is 50.9 Å². The standard InChI is InChI=1S/C25H36N6/c1-3-26-24(29-20-25(11-12-25)22-8-6-5-7-9-22)28-19-21-10-13-27-23(18-21)31-16-14-30(4-2)15-17-31/h5-10,13,18H,3-4,11-12,14-17,19-20H2,1-2H3,(H2,26,28,29). The van der Waals surface area contributed by atoms with E-state index in [0.29, 0.717) is 6.54 Å². The van der Waals surface area contributed by atoms with Crippen molar-refractivity contribution in [3.63, 3.8) is 0 Å². The van der Waals surface area contributed by atoms with E-state index in [4.69, 9.17) is 4.99 Å². The summed E-state index contributed by atoms with van der Waals surface area (Å²) in [7, 11) is 0. The molecule has 4 rings (SSSR count). The van der Waals surface area contributed by atoms with Gasteiger partial charge in [-0.2, -0.15) is 0 Å². The number of aromatic nitrogens is 1. The molecule has 6 heteroatoms.